The lowest BCUT2D eigenvalue weighted by molar-refractivity contribution is 0.503. The number of aromatic nitrogens is 6. The number of aryl methyl sites for hydroxylation is 1. The molecule has 0 spiro atoms. The second-order valence-electron chi connectivity index (χ2n) is 7.62. The van der Waals surface area contributed by atoms with Crippen LogP contribution in [0.3, 0.4) is 0 Å². The first-order valence-corrected chi connectivity index (χ1v) is 11.0. The Morgan fingerprint density at radius 1 is 1.27 bits per heavy atom. The van der Waals surface area contributed by atoms with Crippen molar-refractivity contribution in [3.05, 3.63) is 41.3 Å². The second kappa shape index (κ2) is 7.81. The van der Waals surface area contributed by atoms with Crippen molar-refractivity contribution >= 4 is 32.7 Å². The van der Waals surface area contributed by atoms with E-state index < -0.39 is 0 Å². The van der Waals surface area contributed by atoms with Crippen LogP contribution in [0.25, 0.3) is 33.5 Å². The molecular weight excluding hydrogens is 444 g/mol. The summed E-state index contributed by atoms with van der Waals surface area (Å²) in [5.41, 5.74) is 10.5. The van der Waals surface area contributed by atoms with Gasteiger partial charge in [0.15, 0.2) is 0 Å². The van der Waals surface area contributed by atoms with Crippen LogP contribution in [0.1, 0.15) is 19.8 Å². The topological polar surface area (TPSA) is 102 Å². The summed E-state index contributed by atoms with van der Waals surface area (Å²) in [7, 11) is 0. The number of hydrogen-bond donors (Lipinski definition) is 2. The molecule has 5 rings (SSSR count). The molecule has 4 aromatic rings. The summed E-state index contributed by atoms with van der Waals surface area (Å²) in [4.78, 5) is 11.8. The summed E-state index contributed by atoms with van der Waals surface area (Å²) in [5, 5.41) is 13.0. The van der Waals surface area contributed by atoms with E-state index in [0.29, 0.717) is 0 Å². The number of rotatable bonds is 4. The summed E-state index contributed by atoms with van der Waals surface area (Å²) < 4.78 is 2.86. The van der Waals surface area contributed by atoms with Gasteiger partial charge in [-0.1, -0.05) is 0 Å². The molecule has 154 valence electrons. The van der Waals surface area contributed by atoms with Crippen LogP contribution < -0.4 is 10.6 Å². The highest BCUT2D eigenvalue weighted by Gasteiger charge is 2.21. The highest BCUT2D eigenvalue weighted by Crippen LogP contribution is 2.33. The van der Waals surface area contributed by atoms with Gasteiger partial charge in [-0.3, -0.25) is 14.8 Å². The Bertz CT molecular complexity index is 1200. The van der Waals surface area contributed by atoms with E-state index in [1.165, 1.54) is 0 Å². The lowest BCUT2D eigenvalue weighted by atomic mass is 10.1. The number of anilines is 1. The molecule has 0 unspecified atom stereocenters. The molecule has 1 atom stereocenters. The van der Waals surface area contributed by atoms with E-state index in [-0.39, 0.29) is 6.04 Å². The molecule has 4 aromatic heterocycles. The fraction of sp³-hybridized carbons (Fsp3) is 0.333. The maximum Gasteiger partial charge on any atom is 0.143 e. The Labute approximate surface area is 182 Å². The number of halogens is 1. The number of piperidine rings is 1. The highest BCUT2D eigenvalue weighted by atomic mass is 79.9. The van der Waals surface area contributed by atoms with Crippen LogP contribution in [0.4, 0.5) is 5.82 Å². The van der Waals surface area contributed by atoms with E-state index in [0.717, 1.165) is 76.3 Å². The zero-order valence-corrected chi connectivity index (χ0v) is 18.3. The molecular formula is C21H23BrN8. The summed E-state index contributed by atoms with van der Waals surface area (Å²) in [6.07, 6.45) is 7.79. The highest BCUT2D eigenvalue weighted by molar-refractivity contribution is 9.10. The van der Waals surface area contributed by atoms with Gasteiger partial charge in [0.1, 0.15) is 11.5 Å². The second-order valence-corrected chi connectivity index (χ2v) is 8.48. The van der Waals surface area contributed by atoms with Crippen LogP contribution in [0.2, 0.25) is 0 Å². The molecule has 0 aromatic carbocycles. The van der Waals surface area contributed by atoms with E-state index in [1.807, 2.05) is 41.5 Å². The fourth-order valence-corrected chi connectivity index (χ4v) is 4.40. The number of nitrogens with zero attached hydrogens (tertiary/aromatic N) is 6. The maximum atomic E-state index is 6.19. The van der Waals surface area contributed by atoms with Gasteiger partial charge in [-0.2, -0.15) is 10.2 Å². The largest absolute Gasteiger partial charge is 0.354 e. The summed E-state index contributed by atoms with van der Waals surface area (Å²) in [6, 6.07) is 6.25. The van der Waals surface area contributed by atoms with Gasteiger partial charge >= 0.3 is 0 Å². The number of aromatic amines is 1. The predicted molar refractivity (Wildman–Crippen MR) is 121 cm³/mol. The average Bonchev–Trinajstić information content (AvgIpc) is 3.41. The van der Waals surface area contributed by atoms with Gasteiger partial charge < -0.3 is 10.6 Å². The van der Waals surface area contributed by atoms with Crippen molar-refractivity contribution in [3.63, 3.8) is 0 Å². The molecule has 0 radical (unpaired) electrons. The van der Waals surface area contributed by atoms with Gasteiger partial charge in [-0.05, 0) is 53.9 Å². The Morgan fingerprint density at radius 3 is 2.97 bits per heavy atom. The third-order valence-electron chi connectivity index (χ3n) is 5.53. The zero-order valence-electron chi connectivity index (χ0n) is 16.7. The number of H-pyrrole nitrogens is 1. The third kappa shape index (κ3) is 3.48. The summed E-state index contributed by atoms with van der Waals surface area (Å²) in [5.74, 6) is 0.914. The van der Waals surface area contributed by atoms with E-state index in [4.69, 9.17) is 10.7 Å². The normalized spacial score (nSPS) is 17.0. The molecule has 1 aliphatic heterocycles. The van der Waals surface area contributed by atoms with Gasteiger partial charge in [-0.15, -0.1) is 0 Å². The Hall–Kier alpha value is -2.78. The summed E-state index contributed by atoms with van der Waals surface area (Å²) in [6.45, 7) is 4.66. The van der Waals surface area contributed by atoms with Gasteiger partial charge in [0.05, 0.1) is 33.8 Å². The minimum Gasteiger partial charge on any atom is -0.354 e. The number of nitrogens with one attached hydrogen (secondary N) is 1. The molecule has 0 bridgehead atoms. The molecule has 1 saturated heterocycles. The van der Waals surface area contributed by atoms with Crippen molar-refractivity contribution in [2.24, 2.45) is 5.73 Å². The van der Waals surface area contributed by atoms with Crippen LogP contribution in [0, 0.1) is 0 Å². The molecule has 9 heteroatoms. The standard InChI is InChI=1S/C21H23BrN8/c1-2-30-11-13(9-25-30)18-8-15-19(10-24-18)27-28-20(15)17-6-5-16(22)21(26-17)29-7-3-4-14(23)12-29/h5-6,8-11,14H,2-4,7,12,23H2,1H3,(H,27,28)/t14-/m1/s1. The number of nitrogens with two attached hydrogens (primary N) is 1. The SMILES string of the molecule is CCn1cc(-c2cc3c(-c4ccc(Br)c(N5CCC[C@@H](N)C5)n4)n[nH]c3cn2)cn1. The monoisotopic (exact) mass is 466 g/mol. The van der Waals surface area contributed by atoms with Crippen molar-refractivity contribution in [1.82, 2.24) is 29.9 Å². The summed E-state index contributed by atoms with van der Waals surface area (Å²) >= 11 is 3.66. The van der Waals surface area contributed by atoms with Crippen LogP contribution in [0.15, 0.2) is 41.3 Å². The first-order chi connectivity index (χ1) is 14.6. The molecule has 1 fully saturated rings. The molecule has 3 N–H and O–H groups in total. The van der Waals surface area contributed by atoms with Crippen LogP contribution in [-0.4, -0.2) is 49.1 Å². The number of fused-ring (bicyclic) bond motifs is 1. The van der Waals surface area contributed by atoms with Gasteiger partial charge in [0.25, 0.3) is 0 Å². The number of hydrogen-bond acceptors (Lipinski definition) is 6. The van der Waals surface area contributed by atoms with Crippen molar-refractivity contribution in [3.8, 4) is 22.6 Å². The minimum absolute atomic E-state index is 0.181. The molecule has 0 aliphatic carbocycles. The minimum atomic E-state index is 0.181. The van der Waals surface area contributed by atoms with Gasteiger partial charge in [-0.25, -0.2) is 4.98 Å². The van der Waals surface area contributed by atoms with Gasteiger partial charge in [0, 0.05) is 42.8 Å². The quantitative estimate of drug-likeness (QED) is 0.476. The number of pyridine rings is 2. The van der Waals surface area contributed by atoms with E-state index >= 15 is 0 Å². The van der Waals surface area contributed by atoms with Crippen LogP contribution >= 0.6 is 15.9 Å². The van der Waals surface area contributed by atoms with Crippen molar-refractivity contribution < 1.29 is 0 Å². The molecule has 0 saturated carbocycles. The van der Waals surface area contributed by atoms with Crippen molar-refractivity contribution in [2.75, 3.05) is 18.0 Å². The van der Waals surface area contributed by atoms with E-state index in [9.17, 15) is 0 Å². The molecule has 30 heavy (non-hydrogen) atoms. The third-order valence-corrected chi connectivity index (χ3v) is 6.15. The zero-order chi connectivity index (χ0) is 20.7. The van der Waals surface area contributed by atoms with Crippen molar-refractivity contribution in [2.45, 2.75) is 32.4 Å². The first-order valence-electron chi connectivity index (χ1n) is 10.2. The van der Waals surface area contributed by atoms with Crippen molar-refractivity contribution in [1.29, 1.82) is 0 Å². The Kier molecular flexibility index (Phi) is 5.00. The predicted octanol–water partition coefficient (Wildman–Crippen LogP) is 3.59. The molecule has 1 aliphatic rings. The maximum absolute atomic E-state index is 6.19. The van der Waals surface area contributed by atoms with Gasteiger partial charge in [0.2, 0.25) is 0 Å². The fourth-order valence-electron chi connectivity index (χ4n) is 3.93. The smallest absolute Gasteiger partial charge is 0.143 e. The van der Waals surface area contributed by atoms with E-state index in [2.05, 4.69) is 48.0 Å². The first kappa shape index (κ1) is 19.2. The lowest BCUT2D eigenvalue weighted by Crippen LogP contribution is -2.43. The van der Waals surface area contributed by atoms with Crippen LogP contribution in [0.5, 0.6) is 0 Å². The average molecular weight is 467 g/mol. The Morgan fingerprint density at radius 2 is 2.17 bits per heavy atom. The molecule has 8 nitrogen and oxygen atoms in total. The van der Waals surface area contributed by atoms with Crippen LogP contribution in [-0.2, 0) is 6.54 Å². The lowest BCUT2D eigenvalue weighted by Gasteiger charge is -2.32. The molecule has 0 amide bonds. The molecule has 5 heterocycles. The van der Waals surface area contributed by atoms with E-state index in [1.54, 1.807) is 0 Å². The Balaban J connectivity index is 1.56.